The maximum atomic E-state index is 13.4. The molecule has 1 aliphatic rings. The molecule has 0 radical (unpaired) electrons. The quantitative estimate of drug-likeness (QED) is 0.223. The van der Waals surface area contributed by atoms with Crippen LogP contribution in [0.1, 0.15) is 34.8 Å². The predicted octanol–water partition coefficient (Wildman–Crippen LogP) is 4.65. The highest BCUT2D eigenvalue weighted by atomic mass is 16.5. The van der Waals surface area contributed by atoms with Crippen molar-refractivity contribution in [3.8, 4) is 0 Å². The molecule has 42 heavy (non-hydrogen) atoms. The van der Waals surface area contributed by atoms with E-state index in [1.165, 1.54) is 7.11 Å². The van der Waals surface area contributed by atoms with Crippen LogP contribution in [-0.4, -0.2) is 67.2 Å². The summed E-state index contributed by atoms with van der Waals surface area (Å²) in [6, 6.07) is 18.3. The van der Waals surface area contributed by atoms with Gasteiger partial charge in [-0.25, -0.2) is 4.79 Å². The van der Waals surface area contributed by atoms with Crippen molar-refractivity contribution >= 4 is 56.9 Å². The van der Waals surface area contributed by atoms with Crippen LogP contribution >= 0.6 is 0 Å². The number of anilines is 3. The molecule has 214 valence electrons. The molecule has 2 amide bonds. The molecule has 4 aromatic rings. The van der Waals surface area contributed by atoms with E-state index in [0.717, 1.165) is 40.7 Å². The number of methoxy groups -OCH3 is 1. The van der Waals surface area contributed by atoms with E-state index in [9.17, 15) is 14.4 Å². The largest absolute Gasteiger partial charge is 0.465 e. The number of esters is 1. The summed E-state index contributed by atoms with van der Waals surface area (Å²) in [7, 11) is 5.33. The van der Waals surface area contributed by atoms with Crippen molar-refractivity contribution in [1.29, 1.82) is 0 Å². The van der Waals surface area contributed by atoms with Crippen molar-refractivity contribution < 1.29 is 19.1 Å². The lowest BCUT2D eigenvalue weighted by atomic mass is 9.98. The van der Waals surface area contributed by atoms with Crippen molar-refractivity contribution in [2.45, 2.75) is 13.3 Å². The van der Waals surface area contributed by atoms with Crippen molar-refractivity contribution in [2.24, 2.45) is 0 Å². The first kappa shape index (κ1) is 28.4. The van der Waals surface area contributed by atoms with Crippen LogP contribution in [0.15, 0.2) is 73.1 Å². The SMILES string of the molecule is COC(=O)c1ccc2c(c1)NC(=O)C2=C(Nc1ccc(N(CCCN(C)C)C(C)=O)cc1)c1ccc2cnncc2c1. The van der Waals surface area contributed by atoms with Gasteiger partial charge in [0.1, 0.15) is 0 Å². The van der Waals surface area contributed by atoms with Crippen molar-refractivity contribution in [2.75, 3.05) is 49.8 Å². The fourth-order valence-corrected chi connectivity index (χ4v) is 4.98. The van der Waals surface area contributed by atoms with Gasteiger partial charge >= 0.3 is 5.97 Å². The van der Waals surface area contributed by atoms with Crippen LogP contribution in [0.3, 0.4) is 0 Å². The van der Waals surface area contributed by atoms with Crippen LogP contribution in [0.4, 0.5) is 17.1 Å². The van der Waals surface area contributed by atoms with Crippen LogP contribution in [0.2, 0.25) is 0 Å². The molecule has 10 heteroatoms. The highest BCUT2D eigenvalue weighted by molar-refractivity contribution is 6.37. The minimum Gasteiger partial charge on any atom is -0.465 e. The van der Waals surface area contributed by atoms with E-state index in [4.69, 9.17) is 4.74 Å². The summed E-state index contributed by atoms with van der Waals surface area (Å²) >= 11 is 0. The predicted molar refractivity (Wildman–Crippen MR) is 164 cm³/mol. The van der Waals surface area contributed by atoms with Gasteiger partial charge in [0.05, 0.1) is 42.0 Å². The molecule has 0 unspecified atom stereocenters. The third-order valence-electron chi connectivity index (χ3n) is 7.09. The number of carbonyl (C=O) groups is 3. The average Bonchev–Trinajstić information content (AvgIpc) is 3.32. The second kappa shape index (κ2) is 12.2. The number of fused-ring (bicyclic) bond motifs is 2. The van der Waals surface area contributed by atoms with Crippen molar-refractivity contribution in [1.82, 2.24) is 15.1 Å². The summed E-state index contributed by atoms with van der Waals surface area (Å²) in [6.45, 7) is 3.05. The monoisotopic (exact) mass is 564 g/mol. The van der Waals surface area contributed by atoms with Crippen LogP contribution in [-0.2, 0) is 14.3 Å². The molecule has 2 heterocycles. The average molecular weight is 565 g/mol. The Hall–Kier alpha value is -5.09. The summed E-state index contributed by atoms with van der Waals surface area (Å²) in [6.07, 6.45) is 4.21. The summed E-state index contributed by atoms with van der Waals surface area (Å²) < 4.78 is 4.85. The molecule has 0 saturated carbocycles. The Labute approximate surface area is 244 Å². The zero-order valence-electron chi connectivity index (χ0n) is 24.0. The van der Waals surface area contributed by atoms with Gasteiger partial charge in [-0.05, 0) is 75.1 Å². The Balaban J connectivity index is 1.55. The van der Waals surface area contributed by atoms with E-state index in [1.54, 1.807) is 42.4 Å². The van der Waals surface area contributed by atoms with Gasteiger partial charge in [-0.1, -0.05) is 18.2 Å². The Morgan fingerprint density at radius 1 is 0.905 bits per heavy atom. The zero-order valence-corrected chi connectivity index (χ0v) is 24.0. The van der Waals surface area contributed by atoms with Gasteiger partial charge in [-0.3, -0.25) is 9.59 Å². The minimum absolute atomic E-state index is 0.0258. The molecule has 0 fully saturated rings. The molecule has 0 spiro atoms. The molecule has 0 atom stereocenters. The van der Waals surface area contributed by atoms with Gasteiger partial charge in [0.2, 0.25) is 5.91 Å². The highest BCUT2D eigenvalue weighted by Crippen LogP contribution is 2.39. The second-order valence-corrected chi connectivity index (χ2v) is 10.3. The molecule has 2 N–H and O–H groups in total. The number of ether oxygens (including phenoxy) is 1. The highest BCUT2D eigenvalue weighted by Gasteiger charge is 2.29. The number of hydrogen-bond donors (Lipinski definition) is 2. The van der Waals surface area contributed by atoms with E-state index in [2.05, 4.69) is 25.7 Å². The lowest BCUT2D eigenvalue weighted by Gasteiger charge is -2.23. The summed E-state index contributed by atoms with van der Waals surface area (Å²) in [4.78, 5) is 41.8. The molecule has 3 aromatic carbocycles. The summed E-state index contributed by atoms with van der Waals surface area (Å²) in [5.74, 6) is -0.815. The number of benzene rings is 3. The van der Waals surface area contributed by atoms with Crippen molar-refractivity contribution in [3.63, 3.8) is 0 Å². The molecule has 1 aliphatic heterocycles. The minimum atomic E-state index is -0.486. The van der Waals surface area contributed by atoms with Crippen LogP contribution < -0.4 is 15.5 Å². The standard InChI is InChI=1S/C32H32N6O4/c1-20(39)38(15-5-14-37(2)3)26-11-9-25(10-12-26)35-30(21-6-7-23-18-33-34-19-24(23)16-21)29-27-13-8-22(32(41)42-4)17-28(27)36-31(29)40/h6-13,16-19,35H,5,14-15H2,1-4H3,(H,36,40). The maximum Gasteiger partial charge on any atom is 0.337 e. The molecule has 1 aromatic heterocycles. The van der Waals surface area contributed by atoms with Crippen LogP contribution in [0.25, 0.3) is 22.0 Å². The lowest BCUT2D eigenvalue weighted by Crippen LogP contribution is -2.31. The van der Waals surface area contributed by atoms with Crippen molar-refractivity contribution in [3.05, 3.63) is 89.7 Å². The van der Waals surface area contributed by atoms with E-state index in [1.807, 2.05) is 56.6 Å². The topological polar surface area (TPSA) is 117 Å². The van der Waals surface area contributed by atoms with E-state index < -0.39 is 5.97 Å². The second-order valence-electron chi connectivity index (χ2n) is 10.3. The molecular weight excluding hydrogens is 532 g/mol. The van der Waals surface area contributed by atoms with E-state index in [0.29, 0.717) is 34.6 Å². The Kier molecular flexibility index (Phi) is 8.26. The smallest absolute Gasteiger partial charge is 0.337 e. The normalized spacial score (nSPS) is 13.5. The number of hydrogen-bond acceptors (Lipinski definition) is 8. The fraction of sp³-hybridized carbons (Fsp3) is 0.219. The van der Waals surface area contributed by atoms with Gasteiger partial charge < -0.3 is 25.2 Å². The maximum absolute atomic E-state index is 13.4. The molecule has 10 nitrogen and oxygen atoms in total. The third-order valence-corrected chi connectivity index (χ3v) is 7.09. The Morgan fingerprint density at radius 2 is 1.62 bits per heavy atom. The Bertz CT molecular complexity index is 1700. The molecular formula is C32H32N6O4. The molecule has 0 bridgehead atoms. The van der Waals surface area contributed by atoms with Crippen LogP contribution in [0.5, 0.6) is 0 Å². The number of amides is 2. The van der Waals surface area contributed by atoms with Crippen LogP contribution in [0, 0.1) is 0 Å². The summed E-state index contributed by atoms with van der Waals surface area (Å²) in [5, 5.41) is 16.1. The first-order valence-corrected chi connectivity index (χ1v) is 13.5. The number of aromatic nitrogens is 2. The Morgan fingerprint density at radius 3 is 2.31 bits per heavy atom. The number of carbonyl (C=O) groups excluding carboxylic acids is 3. The molecule has 0 aliphatic carbocycles. The van der Waals surface area contributed by atoms with Gasteiger partial charge in [0.15, 0.2) is 0 Å². The molecule has 0 saturated heterocycles. The zero-order chi connectivity index (χ0) is 29.8. The van der Waals surface area contributed by atoms with Gasteiger partial charge in [-0.15, -0.1) is 0 Å². The lowest BCUT2D eigenvalue weighted by molar-refractivity contribution is -0.116. The number of nitrogens with one attached hydrogen (secondary N) is 2. The molecule has 5 rings (SSSR count). The fourth-order valence-electron chi connectivity index (χ4n) is 4.98. The first-order chi connectivity index (χ1) is 20.2. The summed E-state index contributed by atoms with van der Waals surface area (Å²) in [5.41, 5.74) is 4.83. The number of rotatable bonds is 9. The van der Waals surface area contributed by atoms with Gasteiger partial charge in [0.25, 0.3) is 5.91 Å². The van der Waals surface area contributed by atoms with E-state index >= 15 is 0 Å². The first-order valence-electron chi connectivity index (χ1n) is 13.5. The van der Waals surface area contributed by atoms with Gasteiger partial charge in [0, 0.05) is 41.2 Å². The van der Waals surface area contributed by atoms with E-state index in [-0.39, 0.29) is 11.8 Å². The number of nitrogens with zero attached hydrogens (tertiary/aromatic N) is 4. The third kappa shape index (κ3) is 5.98. The van der Waals surface area contributed by atoms with Gasteiger partial charge in [-0.2, -0.15) is 10.2 Å².